The Labute approximate surface area is 84.5 Å². The molecule has 1 saturated heterocycles. The first-order valence-electron chi connectivity index (χ1n) is 4.98. The Morgan fingerprint density at radius 1 is 1.21 bits per heavy atom. The zero-order valence-electron chi connectivity index (χ0n) is 8.97. The summed E-state index contributed by atoms with van der Waals surface area (Å²) in [6, 6.07) is 0. The van der Waals surface area contributed by atoms with Crippen molar-refractivity contribution in [1.29, 1.82) is 0 Å². The highest BCUT2D eigenvalue weighted by molar-refractivity contribution is 4.90. The van der Waals surface area contributed by atoms with E-state index in [1.54, 1.807) is 0 Å². The molecule has 0 aromatic rings. The van der Waals surface area contributed by atoms with Crippen molar-refractivity contribution >= 4 is 0 Å². The molecule has 2 unspecified atom stereocenters. The van der Waals surface area contributed by atoms with Crippen LogP contribution < -0.4 is 0 Å². The zero-order valence-corrected chi connectivity index (χ0v) is 8.97. The van der Waals surface area contributed by atoms with Gasteiger partial charge in [0.05, 0.1) is 24.9 Å². The fourth-order valence-corrected chi connectivity index (χ4v) is 1.84. The zero-order chi connectivity index (χ0) is 10.9. The highest BCUT2D eigenvalue weighted by atomic mass is 16.5. The van der Waals surface area contributed by atoms with Crippen molar-refractivity contribution in [1.82, 2.24) is 0 Å². The molecule has 4 heteroatoms. The maximum Gasteiger partial charge on any atom is 0.107 e. The minimum absolute atomic E-state index is 0.188. The molecule has 1 fully saturated rings. The molecule has 1 aliphatic rings. The van der Waals surface area contributed by atoms with Crippen LogP contribution in [0.5, 0.6) is 0 Å². The molecule has 84 valence electrons. The van der Waals surface area contributed by atoms with Crippen molar-refractivity contribution in [3.05, 3.63) is 0 Å². The van der Waals surface area contributed by atoms with Gasteiger partial charge in [-0.3, -0.25) is 0 Å². The summed E-state index contributed by atoms with van der Waals surface area (Å²) >= 11 is 0. The third-order valence-electron chi connectivity index (χ3n) is 2.62. The van der Waals surface area contributed by atoms with Gasteiger partial charge in [-0.05, 0) is 5.41 Å². The van der Waals surface area contributed by atoms with Gasteiger partial charge >= 0.3 is 0 Å². The molecule has 0 amide bonds. The van der Waals surface area contributed by atoms with Gasteiger partial charge in [0.15, 0.2) is 0 Å². The van der Waals surface area contributed by atoms with E-state index < -0.39 is 18.3 Å². The standard InChI is InChI=1S/C10H20O4/c1-10(2,3)9-7(13)4-6(12)8(5-11)14-9/h6-9,11-13H,4-5H2,1-3H3/t6?,7?,8-,9+/m1/s1. The van der Waals surface area contributed by atoms with E-state index in [9.17, 15) is 10.2 Å². The molecule has 0 radical (unpaired) electrons. The van der Waals surface area contributed by atoms with E-state index in [-0.39, 0.29) is 24.5 Å². The van der Waals surface area contributed by atoms with Gasteiger partial charge in [-0.25, -0.2) is 0 Å². The van der Waals surface area contributed by atoms with Gasteiger partial charge in [-0.1, -0.05) is 20.8 Å². The lowest BCUT2D eigenvalue weighted by molar-refractivity contribution is -0.207. The van der Waals surface area contributed by atoms with E-state index >= 15 is 0 Å². The predicted molar refractivity (Wildman–Crippen MR) is 51.8 cm³/mol. The Morgan fingerprint density at radius 3 is 2.21 bits per heavy atom. The molecule has 0 aromatic heterocycles. The van der Waals surface area contributed by atoms with Crippen molar-refractivity contribution in [3.8, 4) is 0 Å². The number of hydrogen-bond donors (Lipinski definition) is 3. The number of hydrogen-bond acceptors (Lipinski definition) is 4. The molecule has 4 atom stereocenters. The third-order valence-corrected chi connectivity index (χ3v) is 2.62. The summed E-state index contributed by atoms with van der Waals surface area (Å²) < 4.78 is 5.47. The molecule has 1 heterocycles. The van der Waals surface area contributed by atoms with Crippen molar-refractivity contribution < 1.29 is 20.1 Å². The average molecular weight is 204 g/mol. The van der Waals surface area contributed by atoms with E-state index in [1.165, 1.54) is 0 Å². The molecule has 0 aliphatic carbocycles. The summed E-state index contributed by atoms with van der Waals surface area (Å²) in [6.45, 7) is 5.69. The van der Waals surface area contributed by atoms with Crippen molar-refractivity contribution in [3.63, 3.8) is 0 Å². The summed E-state index contributed by atoms with van der Waals surface area (Å²) in [7, 11) is 0. The molecule has 0 aromatic carbocycles. The Hall–Kier alpha value is -0.160. The minimum Gasteiger partial charge on any atom is -0.394 e. The first kappa shape index (κ1) is 11.9. The summed E-state index contributed by atoms with van der Waals surface area (Å²) in [5.74, 6) is 0. The van der Waals surface area contributed by atoms with Crippen LogP contribution in [0.25, 0.3) is 0 Å². The lowest BCUT2D eigenvalue weighted by Crippen LogP contribution is -2.53. The Kier molecular flexibility index (Phi) is 3.53. The molecule has 14 heavy (non-hydrogen) atoms. The van der Waals surface area contributed by atoms with Gasteiger partial charge in [-0.2, -0.15) is 0 Å². The smallest absolute Gasteiger partial charge is 0.107 e. The van der Waals surface area contributed by atoms with Gasteiger partial charge in [0.2, 0.25) is 0 Å². The lowest BCUT2D eigenvalue weighted by Gasteiger charge is -2.42. The molecule has 0 saturated carbocycles. The third kappa shape index (κ3) is 2.45. The minimum atomic E-state index is -0.770. The second-order valence-corrected chi connectivity index (χ2v) is 5.01. The number of ether oxygens (including phenoxy) is 1. The normalized spacial score (nSPS) is 39.9. The van der Waals surface area contributed by atoms with E-state index in [4.69, 9.17) is 9.84 Å². The highest BCUT2D eigenvalue weighted by Crippen LogP contribution is 2.32. The van der Waals surface area contributed by atoms with Crippen LogP contribution in [0.4, 0.5) is 0 Å². The molecular formula is C10H20O4. The van der Waals surface area contributed by atoms with E-state index in [2.05, 4.69) is 0 Å². The summed E-state index contributed by atoms with van der Waals surface area (Å²) in [4.78, 5) is 0. The van der Waals surface area contributed by atoms with Crippen LogP contribution in [0.15, 0.2) is 0 Å². The Bertz CT molecular complexity index is 187. The van der Waals surface area contributed by atoms with Crippen molar-refractivity contribution in [2.45, 2.75) is 51.6 Å². The first-order chi connectivity index (χ1) is 6.36. The topological polar surface area (TPSA) is 69.9 Å². The van der Waals surface area contributed by atoms with Gasteiger partial charge in [0.1, 0.15) is 6.10 Å². The van der Waals surface area contributed by atoms with Crippen LogP contribution in [0.2, 0.25) is 0 Å². The molecule has 3 N–H and O–H groups in total. The van der Waals surface area contributed by atoms with E-state index in [0.29, 0.717) is 0 Å². The molecule has 1 rings (SSSR count). The Balaban J connectivity index is 2.69. The summed E-state index contributed by atoms with van der Waals surface area (Å²) in [5, 5.41) is 28.2. The van der Waals surface area contributed by atoms with Crippen molar-refractivity contribution in [2.75, 3.05) is 6.61 Å². The van der Waals surface area contributed by atoms with Crippen LogP contribution in [-0.2, 0) is 4.74 Å². The number of aliphatic hydroxyl groups is 3. The van der Waals surface area contributed by atoms with E-state index in [1.807, 2.05) is 20.8 Å². The quantitative estimate of drug-likeness (QED) is 0.558. The van der Waals surface area contributed by atoms with Crippen LogP contribution >= 0.6 is 0 Å². The summed E-state index contributed by atoms with van der Waals surface area (Å²) in [5.41, 5.74) is -0.188. The average Bonchev–Trinajstić information content (AvgIpc) is 2.02. The fraction of sp³-hybridized carbons (Fsp3) is 1.00. The SMILES string of the molecule is CC(C)(C)[C@H]1O[C@H](CO)C(O)CC1O. The fourth-order valence-electron chi connectivity index (χ4n) is 1.84. The molecule has 0 bridgehead atoms. The van der Waals surface area contributed by atoms with Crippen molar-refractivity contribution in [2.24, 2.45) is 5.41 Å². The van der Waals surface area contributed by atoms with Gasteiger partial charge in [0.25, 0.3) is 0 Å². The second kappa shape index (κ2) is 4.14. The maximum atomic E-state index is 9.72. The number of rotatable bonds is 1. The molecule has 0 spiro atoms. The van der Waals surface area contributed by atoms with E-state index in [0.717, 1.165) is 0 Å². The molecule has 1 aliphatic heterocycles. The number of aliphatic hydroxyl groups excluding tert-OH is 3. The second-order valence-electron chi connectivity index (χ2n) is 5.01. The largest absolute Gasteiger partial charge is 0.394 e. The van der Waals surface area contributed by atoms with Crippen LogP contribution in [0, 0.1) is 5.41 Å². The van der Waals surface area contributed by atoms with Gasteiger partial charge < -0.3 is 20.1 Å². The predicted octanol–water partition coefficient (Wildman–Crippen LogP) is -0.0959. The van der Waals surface area contributed by atoms with Crippen LogP contribution in [-0.4, -0.2) is 46.3 Å². The van der Waals surface area contributed by atoms with Crippen LogP contribution in [0.1, 0.15) is 27.2 Å². The Morgan fingerprint density at radius 2 is 1.79 bits per heavy atom. The van der Waals surface area contributed by atoms with Gasteiger partial charge in [-0.15, -0.1) is 0 Å². The first-order valence-corrected chi connectivity index (χ1v) is 4.98. The summed E-state index contributed by atoms with van der Waals surface area (Å²) in [6.07, 6.45) is -2.06. The maximum absolute atomic E-state index is 9.72. The van der Waals surface area contributed by atoms with Crippen LogP contribution in [0.3, 0.4) is 0 Å². The molecule has 4 nitrogen and oxygen atoms in total. The molecular weight excluding hydrogens is 184 g/mol. The monoisotopic (exact) mass is 204 g/mol. The lowest BCUT2D eigenvalue weighted by atomic mass is 9.81. The van der Waals surface area contributed by atoms with Gasteiger partial charge in [0, 0.05) is 6.42 Å². The highest BCUT2D eigenvalue weighted by Gasteiger charge is 2.41.